The number of amides is 1. The van der Waals surface area contributed by atoms with E-state index in [1.165, 1.54) is 17.7 Å². The van der Waals surface area contributed by atoms with E-state index >= 15 is 0 Å². The summed E-state index contributed by atoms with van der Waals surface area (Å²) in [7, 11) is 1.24. The van der Waals surface area contributed by atoms with E-state index in [1.807, 2.05) is 13.0 Å². The highest BCUT2D eigenvalue weighted by molar-refractivity contribution is 5.99. The topological polar surface area (TPSA) is 100 Å². The number of carbonyl (C=O) groups is 1. The summed E-state index contributed by atoms with van der Waals surface area (Å²) in [5.74, 6) is 0.189. The maximum atomic E-state index is 12.5. The van der Waals surface area contributed by atoms with Crippen molar-refractivity contribution in [2.75, 3.05) is 7.11 Å². The zero-order valence-electron chi connectivity index (χ0n) is 11.3. The molecule has 3 heterocycles. The normalized spacial score (nSPS) is 13.6. The molecule has 2 N–H and O–H groups in total. The Morgan fingerprint density at radius 3 is 3.00 bits per heavy atom. The number of hydrogen-bond acceptors (Lipinski definition) is 7. The van der Waals surface area contributed by atoms with Crippen molar-refractivity contribution in [3.05, 3.63) is 46.0 Å². The van der Waals surface area contributed by atoms with Gasteiger partial charge in [0, 0.05) is 12.4 Å². The second-order valence-electron chi connectivity index (χ2n) is 4.34. The Balaban J connectivity index is 2.02. The van der Waals surface area contributed by atoms with Crippen molar-refractivity contribution in [3.8, 4) is 0 Å². The van der Waals surface area contributed by atoms with Gasteiger partial charge in [-0.1, -0.05) is 6.07 Å². The van der Waals surface area contributed by atoms with E-state index in [1.54, 1.807) is 12.3 Å². The lowest BCUT2D eigenvalue weighted by atomic mass is 10.2. The third-order valence-electron chi connectivity index (χ3n) is 3.02. The fourth-order valence-electron chi connectivity index (χ4n) is 1.96. The van der Waals surface area contributed by atoms with Crippen molar-refractivity contribution in [2.45, 2.75) is 6.92 Å². The molecule has 1 amide bonds. The van der Waals surface area contributed by atoms with Crippen molar-refractivity contribution in [2.24, 2.45) is 5.10 Å². The molecule has 0 atom stereocenters. The minimum atomic E-state index is -0.682. The van der Waals surface area contributed by atoms with Crippen LogP contribution in [-0.4, -0.2) is 33.5 Å². The first-order chi connectivity index (χ1) is 10.1. The van der Waals surface area contributed by atoms with Gasteiger partial charge < -0.3 is 4.74 Å². The maximum absolute atomic E-state index is 12.5. The lowest BCUT2D eigenvalue weighted by molar-refractivity contribution is 0.0961. The summed E-state index contributed by atoms with van der Waals surface area (Å²) in [6.07, 6.45) is 2.36. The molecule has 9 heteroatoms. The average molecular weight is 288 g/mol. The molecule has 3 rings (SSSR count). The lowest BCUT2D eigenvalue weighted by Gasteiger charge is -2.13. The molecule has 21 heavy (non-hydrogen) atoms. The molecule has 2 aromatic rings. The van der Waals surface area contributed by atoms with Gasteiger partial charge in [0.1, 0.15) is 11.2 Å². The molecule has 108 valence electrons. The third-order valence-corrected chi connectivity index (χ3v) is 3.02. The van der Waals surface area contributed by atoms with Gasteiger partial charge in [-0.15, -0.1) is 10.2 Å². The number of hydrogen-bond donors (Lipinski definition) is 2. The summed E-state index contributed by atoms with van der Waals surface area (Å²) in [6.45, 7) is 1.87. The Hall–Kier alpha value is -3.10. The summed E-state index contributed by atoms with van der Waals surface area (Å²) < 4.78 is 5.95. The molecule has 0 fully saturated rings. The third kappa shape index (κ3) is 2.04. The van der Waals surface area contributed by atoms with E-state index in [9.17, 15) is 9.59 Å². The van der Waals surface area contributed by atoms with Crippen molar-refractivity contribution in [1.82, 2.24) is 25.5 Å². The molecule has 2 aromatic heterocycles. The molecular weight excluding hydrogens is 276 g/mol. The highest BCUT2D eigenvalue weighted by Crippen LogP contribution is 2.06. The number of amidine groups is 1. The van der Waals surface area contributed by atoms with Crippen molar-refractivity contribution in [3.63, 3.8) is 0 Å². The highest BCUT2D eigenvalue weighted by Gasteiger charge is 2.24. The molecule has 0 unspecified atom stereocenters. The second-order valence-corrected chi connectivity index (χ2v) is 4.34. The SMILES string of the molecule is COC(=O)N1NN=C(c2cnc3c(C)cccn3c2=O)N1. The van der Waals surface area contributed by atoms with E-state index in [0.29, 0.717) is 5.65 Å². The van der Waals surface area contributed by atoms with Gasteiger partial charge in [-0.25, -0.2) is 9.78 Å². The molecule has 1 aliphatic rings. The van der Waals surface area contributed by atoms with E-state index in [2.05, 4.69) is 25.8 Å². The van der Waals surface area contributed by atoms with E-state index in [-0.39, 0.29) is 17.0 Å². The first-order valence-electron chi connectivity index (χ1n) is 6.07. The number of aromatic nitrogens is 2. The number of carbonyl (C=O) groups excluding carboxylic acids is 1. The summed E-state index contributed by atoms with van der Waals surface area (Å²) in [6, 6.07) is 3.63. The van der Waals surface area contributed by atoms with Crippen LogP contribution in [0.15, 0.2) is 34.4 Å². The van der Waals surface area contributed by atoms with Crippen LogP contribution < -0.4 is 16.5 Å². The zero-order chi connectivity index (χ0) is 15.0. The number of methoxy groups -OCH3 is 1. The van der Waals surface area contributed by atoms with Gasteiger partial charge in [0.2, 0.25) is 0 Å². The predicted octanol–water partition coefficient (Wildman–Crippen LogP) is -0.244. The first kappa shape index (κ1) is 12.9. The number of hydrazone groups is 1. The summed E-state index contributed by atoms with van der Waals surface area (Å²) in [5, 5.41) is 4.79. The number of rotatable bonds is 1. The molecule has 0 saturated heterocycles. The monoisotopic (exact) mass is 288 g/mol. The molecule has 0 saturated carbocycles. The van der Waals surface area contributed by atoms with Crippen molar-refractivity contribution in [1.29, 1.82) is 0 Å². The van der Waals surface area contributed by atoms with Gasteiger partial charge in [-0.2, -0.15) is 5.53 Å². The van der Waals surface area contributed by atoms with Gasteiger partial charge in [-0.05, 0) is 18.6 Å². The van der Waals surface area contributed by atoms with Gasteiger partial charge in [0.05, 0.1) is 7.11 Å². The largest absolute Gasteiger partial charge is 0.450 e. The van der Waals surface area contributed by atoms with E-state index in [4.69, 9.17) is 0 Å². The number of nitrogens with one attached hydrogen (secondary N) is 2. The number of nitrogens with zero attached hydrogens (tertiary/aromatic N) is 4. The molecule has 0 radical (unpaired) electrons. The molecule has 0 spiro atoms. The predicted molar refractivity (Wildman–Crippen MR) is 73.3 cm³/mol. The minimum absolute atomic E-state index is 0.189. The lowest BCUT2D eigenvalue weighted by Crippen LogP contribution is -2.46. The maximum Gasteiger partial charge on any atom is 0.449 e. The van der Waals surface area contributed by atoms with Crippen LogP contribution in [-0.2, 0) is 4.74 Å². The quantitative estimate of drug-likeness (QED) is 0.751. The van der Waals surface area contributed by atoms with Crippen LogP contribution in [0.3, 0.4) is 0 Å². The Kier molecular flexibility index (Phi) is 2.94. The number of hydrazine groups is 2. The van der Waals surface area contributed by atoms with Crippen molar-refractivity contribution >= 4 is 17.6 Å². The highest BCUT2D eigenvalue weighted by atomic mass is 16.6. The van der Waals surface area contributed by atoms with Crippen LogP contribution in [0.5, 0.6) is 0 Å². The summed E-state index contributed by atoms with van der Waals surface area (Å²) in [4.78, 5) is 28.0. The van der Waals surface area contributed by atoms with Crippen LogP contribution in [0, 0.1) is 6.92 Å². The number of ether oxygens (including phenoxy) is 1. The van der Waals surface area contributed by atoms with Gasteiger partial charge in [0.25, 0.3) is 5.56 Å². The minimum Gasteiger partial charge on any atom is -0.450 e. The Bertz CT molecular complexity index is 812. The Morgan fingerprint density at radius 1 is 1.43 bits per heavy atom. The van der Waals surface area contributed by atoms with Crippen LogP contribution in [0.4, 0.5) is 4.79 Å². The standard InChI is InChI=1S/C12H12N6O3/c1-7-4-3-5-17-10(7)13-6-8(11(17)19)9-14-16-18(15-9)12(20)21-2/h3-6,16H,1-2H3,(H,14,15). The molecule has 0 bridgehead atoms. The summed E-state index contributed by atoms with van der Waals surface area (Å²) >= 11 is 0. The number of pyridine rings is 1. The first-order valence-corrected chi connectivity index (χ1v) is 6.07. The fourth-order valence-corrected chi connectivity index (χ4v) is 1.96. The molecule has 1 aliphatic heterocycles. The van der Waals surface area contributed by atoms with Gasteiger partial charge in [0.15, 0.2) is 5.84 Å². The van der Waals surface area contributed by atoms with E-state index < -0.39 is 6.09 Å². The summed E-state index contributed by atoms with van der Waals surface area (Å²) in [5.41, 5.74) is 6.43. The molecule has 9 nitrogen and oxygen atoms in total. The second kappa shape index (κ2) is 4.78. The Morgan fingerprint density at radius 2 is 2.24 bits per heavy atom. The molecule has 0 aromatic carbocycles. The number of aryl methyl sites for hydroxylation is 1. The average Bonchev–Trinajstić information content (AvgIpc) is 2.97. The fraction of sp³-hybridized carbons (Fsp3) is 0.167. The Labute approximate surface area is 118 Å². The molecular formula is C12H12N6O3. The van der Waals surface area contributed by atoms with Crippen LogP contribution >= 0.6 is 0 Å². The van der Waals surface area contributed by atoms with Gasteiger partial charge in [-0.3, -0.25) is 14.6 Å². The zero-order valence-corrected chi connectivity index (χ0v) is 11.3. The van der Waals surface area contributed by atoms with Crippen LogP contribution in [0.1, 0.15) is 11.1 Å². The van der Waals surface area contributed by atoms with Crippen molar-refractivity contribution < 1.29 is 9.53 Å². The van der Waals surface area contributed by atoms with Crippen LogP contribution in [0.25, 0.3) is 5.65 Å². The van der Waals surface area contributed by atoms with E-state index in [0.717, 1.165) is 10.7 Å². The molecule has 0 aliphatic carbocycles. The smallest absolute Gasteiger partial charge is 0.449 e. The van der Waals surface area contributed by atoms with Gasteiger partial charge >= 0.3 is 6.09 Å². The van der Waals surface area contributed by atoms with Crippen LogP contribution in [0.2, 0.25) is 0 Å². The number of fused-ring (bicyclic) bond motifs is 1.